The van der Waals surface area contributed by atoms with Gasteiger partial charge in [0.1, 0.15) is 16.9 Å². The highest BCUT2D eigenvalue weighted by molar-refractivity contribution is 5.90. The highest BCUT2D eigenvalue weighted by atomic mass is 16.5. The molecule has 34 heavy (non-hydrogen) atoms. The minimum Gasteiger partial charge on any atom is -0.481 e. The van der Waals surface area contributed by atoms with Crippen LogP contribution in [0, 0.1) is 45.3 Å². The van der Waals surface area contributed by atoms with Crippen molar-refractivity contribution in [2.24, 2.45) is 22.2 Å². The van der Waals surface area contributed by atoms with E-state index in [0.717, 1.165) is 0 Å². The lowest BCUT2D eigenvalue weighted by Gasteiger charge is -2.22. The van der Waals surface area contributed by atoms with Crippen LogP contribution in [0.1, 0.15) is 46.1 Å². The van der Waals surface area contributed by atoms with Crippen molar-refractivity contribution in [3.63, 3.8) is 0 Å². The topological polar surface area (TPSA) is 96.6 Å². The second-order valence-electron chi connectivity index (χ2n) is 10.3. The van der Waals surface area contributed by atoms with Crippen molar-refractivity contribution < 1.29 is 24.2 Å². The molecule has 1 aliphatic rings. The number of carboxylic acid groups (broad SMARTS) is 1. The number of carboxylic acids is 1. The van der Waals surface area contributed by atoms with Crippen LogP contribution in [-0.2, 0) is 14.3 Å². The number of hydrogen-bond donors (Lipinski definition) is 1. The fraction of sp³-hybridized carbons (Fsp3) is 0.393. The van der Waals surface area contributed by atoms with E-state index in [2.05, 4.69) is 17.9 Å². The first kappa shape index (κ1) is 24.9. The molecule has 0 saturated heterocycles. The largest absolute Gasteiger partial charge is 0.481 e. The molecular formula is C28H29NO5. The minimum atomic E-state index is -1.48. The van der Waals surface area contributed by atoms with Gasteiger partial charge >= 0.3 is 11.9 Å². The number of carbonyl (C=O) groups excluding carboxylic acids is 1. The molecule has 3 atom stereocenters. The Hall–Kier alpha value is -3.77. The molecule has 0 radical (unpaired) electrons. The van der Waals surface area contributed by atoms with E-state index < -0.39 is 34.6 Å². The van der Waals surface area contributed by atoms with Crippen molar-refractivity contribution >= 4 is 11.9 Å². The van der Waals surface area contributed by atoms with Gasteiger partial charge in [-0.2, -0.15) is 5.26 Å². The average molecular weight is 460 g/mol. The lowest BCUT2D eigenvalue weighted by molar-refractivity contribution is -0.145. The fourth-order valence-corrected chi connectivity index (χ4v) is 4.42. The summed E-state index contributed by atoms with van der Waals surface area (Å²) in [7, 11) is 0. The van der Waals surface area contributed by atoms with Gasteiger partial charge in [0.05, 0.1) is 18.6 Å². The molecule has 0 spiro atoms. The van der Waals surface area contributed by atoms with Crippen LogP contribution in [0.5, 0.6) is 11.5 Å². The standard InChI is InChI=1S/C28H29NO5/c1-26(2,3)18-33-24(30)15-14-23-27(4,5)28(23,25(31)32)22(17-29)19-10-9-13-21(16-19)34-20-11-7-6-8-12-20/h6-13,16,22-23H,18H2,1-5H3,(H,31,32)/t22?,23-,28+/m0/s1. The van der Waals surface area contributed by atoms with E-state index in [-0.39, 0.29) is 12.0 Å². The summed E-state index contributed by atoms with van der Waals surface area (Å²) in [6.07, 6.45) is 0. The molecule has 1 unspecified atom stereocenters. The van der Waals surface area contributed by atoms with Gasteiger partial charge < -0.3 is 14.6 Å². The van der Waals surface area contributed by atoms with Gasteiger partial charge in [0.25, 0.3) is 0 Å². The zero-order valence-corrected chi connectivity index (χ0v) is 20.1. The number of para-hydroxylation sites is 1. The highest BCUT2D eigenvalue weighted by Gasteiger charge is 2.79. The van der Waals surface area contributed by atoms with E-state index in [1.54, 1.807) is 38.1 Å². The van der Waals surface area contributed by atoms with Gasteiger partial charge in [-0.25, -0.2) is 4.79 Å². The molecule has 0 heterocycles. The maximum absolute atomic E-state index is 12.6. The number of nitriles is 1. The quantitative estimate of drug-likeness (QED) is 0.353. The van der Waals surface area contributed by atoms with Gasteiger partial charge in [-0.3, -0.25) is 4.79 Å². The predicted molar refractivity (Wildman–Crippen MR) is 127 cm³/mol. The minimum absolute atomic E-state index is 0.202. The molecular weight excluding hydrogens is 430 g/mol. The summed E-state index contributed by atoms with van der Waals surface area (Å²) >= 11 is 0. The number of carbonyl (C=O) groups is 2. The van der Waals surface area contributed by atoms with Gasteiger partial charge in [-0.05, 0) is 40.7 Å². The maximum Gasteiger partial charge on any atom is 0.384 e. The Balaban J connectivity index is 1.91. The normalized spacial score (nSPS) is 21.2. The molecule has 6 nitrogen and oxygen atoms in total. The van der Waals surface area contributed by atoms with Crippen LogP contribution in [0.2, 0.25) is 0 Å². The van der Waals surface area contributed by atoms with Crippen molar-refractivity contribution in [1.82, 2.24) is 0 Å². The number of aliphatic carboxylic acids is 1. The van der Waals surface area contributed by atoms with Crippen LogP contribution >= 0.6 is 0 Å². The molecule has 0 bridgehead atoms. The Morgan fingerprint density at radius 3 is 2.32 bits per heavy atom. The molecule has 0 aromatic heterocycles. The van der Waals surface area contributed by atoms with Crippen LogP contribution in [0.3, 0.4) is 0 Å². The maximum atomic E-state index is 12.6. The first-order chi connectivity index (χ1) is 15.9. The highest BCUT2D eigenvalue weighted by Crippen LogP contribution is 2.74. The SMILES string of the molecule is CC(C)(C)COC(=O)C#C[C@H]1C(C)(C)[C@]1(C(=O)O)C(C#N)c1cccc(Oc2ccccc2)c1. The zero-order valence-electron chi connectivity index (χ0n) is 20.1. The molecule has 1 N–H and O–H groups in total. The van der Waals surface area contributed by atoms with E-state index >= 15 is 0 Å². The van der Waals surface area contributed by atoms with Gasteiger partial charge in [-0.1, -0.05) is 70.9 Å². The van der Waals surface area contributed by atoms with Gasteiger partial charge in [0.15, 0.2) is 0 Å². The predicted octanol–water partition coefficient (Wildman–Crippen LogP) is 5.41. The Labute approximate surface area is 200 Å². The molecule has 1 saturated carbocycles. The van der Waals surface area contributed by atoms with Gasteiger partial charge in [0, 0.05) is 11.8 Å². The second kappa shape index (κ2) is 9.23. The zero-order chi connectivity index (χ0) is 25.1. The molecule has 3 rings (SSSR count). The molecule has 1 fully saturated rings. The van der Waals surface area contributed by atoms with Crippen molar-refractivity contribution in [1.29, 1.82) is 5.26 Å². The monoisotopic (exact) mass is 459 g/mol. The molecule has 6 heteroatoms. The van der Waals surface area contributed by atoms with Crippen LogP contribution in [-0.4, -0.2) is 23.7 Å². The molecule has 0 aliphatic heterocycles. The Morgan fingerprint density at radius 2 is 1.74 bits per heavy atom. The third-order valence-corrected chi connectivity index (χ3v) is 6.22. The van der Waals surface area contributed by atoms with E-state index in [4.69, 9.17) is 9.47 Å². The van der Waals surface area contributed by atoms with E-state index in [1.807, 2.05) is 51.1 Å². The van der Waals surface area contributed by atoms with Crippen molar-refractivity contribution in [3.05, 3.63) is 60.2 Å². The average Bonchev–Trinajstić information content (AvgIpc) is 3.27. The fourth-order valence-electron chi connectivity index (χ4n) is 4.42. The molecule has 2 aromatic carbocycles. The van der Waals surface area contributed by atoms with E-state index in [0.29, 0.717) is 17.1 Å². The number of hydrogen-bond acceptors (Lipinski definition) is 5. The lowest BCUT2D eigenvalue weighted by atomic mass is 9.78. The number of rotatable bonds is 6. The number of nitrogens with zero attached hydrogens (tertiary/aromatic N) is 1. The summed E-state index contributed by atoms with van der Waals surface area (Å²) < 4.78 is 11.1. The molecule has 2 aromatic rings. The van der Waals surface area contributed by atoms with Crippen LogP contribution in [0.25, 0.3) is 0 Å². The Bertz CT molecular complexity index is 1180. The van der Waals surface area contributed by atoms with Crippen LogP contribution in [0.4, 0.5) is 0 Å². The number of benzene rings is 2. The van der Waals surface area contributed by atoms with Gasteiger partial charge in [-0.15, -0.1) is 0 Å². The summed E-state index contributed by atoms with van der Waals surface area (Å²) in [5.41, 5.74) is -2.01. The summed E-state index contributed by atoms with van der Waals surface area (Å²) in [5, 5.41) is 20.4. The van der Waals surface area contributed by atoms with Crippen molar-refractivity contribution in [2.45, 2.75) is 40.5 Å². The smallest absolute Gasteiger partial charge is 0.384 e. The summed E-state index contributed by atoms with van der Waals surface area (Å²) in [6, 6.07) is 18.3. The molecule has 1 aliphatic carbocycles. The summed E-state index contributed by atoms with van der Waals surface area (Å²) in [6.45, 7) is 9.51. The third-order valence-electron chi connectivity index (χ3n) is 6.22. The van der Waals surface area contributed by atoms with E-state index in [1.165, 1.54) is 0 Å². The second-order valence-corrected chi connectivity index (χ2v) is 10.3. The van der Waals surface area contributed by atoms with Crippen LogP contribution < -0.4 is 4.74 Å². The Morgan fingerprint density at radius 1 is 1.09 bits per heavy atom. The number of ether oxygens (including phenoxy) is 2. The van der Waals surface area contributed by atoms with Crippen molar-refractivity contribution in [3.8, 4) is 29.4 Å². The summed E-state index contributed by atoms with van der Waals surface area (Å²) in [4.78, 5) is 24.7. The first-order valence-electron chi connectivity index (χ1n) is 11.1. The Kier molecular flexibility index (Phi) is 6.75. The molecule has 176 valence electrons. The summed E-state index contributed by atoms with van der Waals surface area (Å²) in [5.74, 6) is 2.85. The van der Waals surface area contributed by atoms with Gasteiger partial charge in [0.2, 0.25) is 0 Å². The lowest BCUT2D eigenvalue weighted by Crippen LogP contribution is -2.28. The molecule has 0 amide bonds. The van der Waals surface area contributed by atoms with Crippen LogP contribution in [0.15, 0.2) is 54.6 Å². The third kappa shape index (κ3) is 4.77. The first-order valence-corrected chi connectivity index (χ1v) is 11.1. The van der Waals surface area contributed by atoms with E-state index in [9.17, 15) is 20.0 Å². The van der Waals surface area contributed by atoms with Crippen molar-refractivity contribution in [2.75, 3.05) is 6.61 Å². The number of esters is 1.